The molecule has 1 aliphatic carbocycles. The van der Waals surface area contributed by atoms with E-state index in [0.717, 1.165) is 29.7 Å². The van der Waals surface area contributed by atoms with Crippen LogP contribution in [0.25, 0.3) is 11.0 Å². The van der Waals surface area contributed by atoms with Crippen molar-refractivity contribution in [3.63, 3.8) is 0 Å². The molecular formula is C17H26N4. The number of rotatable bonds is 1. The van der Waals surface area contributed by atoms with Crippen LogP contribution in [0.4, 0.5) is 0 Å². The van der Waals surface area contributed by atoms with E-state index >= 15 is 0 Å². The number of nitrogens with zero attached hydrogens (tertiary/aromatic N) is 3. The topological polar surface area (TPSA) is 56.7 Å². The largest absolute Gasteiger partial charge is 0.321 e. The average Bonchev–Trinajstić information content (AvgIpc) is 2.70. The van der Waals surface area contributed by atoms with Crippen molar-refractivity contribution in [1.82, 2.24) is 14.5 Å². The van der Waals surface area contributed by atoms with Gasteiger partial charge < -0.3 is 10.3 Å². The molecule has 0 radical (unpaired) electrons. The third kappa shape index (κ3) is 2.57. The highest BCUT2D eigenvalue weighted by Crippen LogP contribution is 2.37. The third-order valence-electron chi connectivity index (χ3n) is 4.57. The predicted molar refractivity (Wildman–Crippen MR) is 86.1 cm³/mol. The Morgan fingerprint density at radius 2 is 1.81 bits per heavy atom. The van der Waals surface area contributed by atoms with Gasteiger partial charge in [0.15, 0.2) is 0 Å². The van der Waals surface area contributed by atoms with E-state index in [2.05, 4.69) is 36.4 Å². The zero-order chi connectivity index (χ0) is 15.1. The maximum atomic E-state index is 6.84. The second-order valence-corrected chi connectivity index (χ2v) is 7.38. The van der Waals surface area contributed by atoms with Crippen molar-refractivity contribution < 1.29 is 0 Å². The molecule has 21 heavy (non-hydrogen) atoms. The fourth-order valence-corrected chi connectivity index (χ4v) is 3.53. The first-order valence-corrected chi connectivity index (χ1v) is 8.04. The Labute approximate surface area is 126 Å². The van der Waals surface area contributed by atoms with Crippen LogP contribution in [0.1, 0.15) is 65.1 Å². The van der Waals surface area contributed by atoms with Crippen molar-refractivity contribution >= 4 is 11.0 Å². The van der Waals surface area contributed by atoms with E-state index in [1.807, 2.05) is 12.4 Å². The molecule has 0 atom stereocenters. The molecule has 0 bridgehead atoms. The summed E-state index contributed by atoms with van der Waals surface area (Å²) in [6, 6.07) is 2.05. The van der Waals surface area contributed by atoms with Crippen LogP contribution in [0.3, 0.4) is 0 Å². The summed E-state index contributed by atoms with van der Waals surface area (Å²) in [5, 5.41) is 0. The normalized spacial score (nSPS) is 19.6. The van der Waals surface area contributed by atoms with Crippen LogP contribution in [0.5, 0.6) is 0 Å². The summed E-state index contributed by atoms with van der Waals surface area (Å²) in [6.07, 6.45) is 10.7. The molecule has 1 saturated carbocycles. The highest BCUT2D eigenvalue weighted by atomic mass is 15.2. The first-order valence-electron chi connectivity index (χ1n) is 8.04. The molecule has 114 valence electrons. The minimum atomic E-state index is -0.303. The molecule has 1 aliphatic rings. The van der Waals surface area contributed by atoms with Gasteiger partial charge in [0.2, 0.25) is 0 Å². The Hall–Kier alpha value is -1.42. The van der Waals surface area contributed by atoms with Gasteiger partial charge in [-0.25, -0.2) is 4.98 Å². The Bertz CT molecular complexity index is 628. The number of fused-ring (bicyclic) bond motifs is 1. The molecule has 1 fully saturated rings. The van der Waals surface area contributed by atoms with Gasteiger partial charge in [-0.05, 0) is 39.7 Å². The number of pyridine rings is 1. The molecular weight excluding hydrogens is 260 g/mol. The number of hydrogen-bond donors (Lipinski definition) is 1. The monoisotopic (exact) mass is 286 g/mol. The molecule has 0 spiro atoms. The number of hydrogen-bond acceptors (Lipinski definition) is 3. The van der Waals surface area contributed by atoms with Crippen LogP contribution >= 0.6 is 0 Å². The molecule has 0 aromatic carbocycles. The summed E-state index contributed by atoms with van der Waals surface area (Å²) in [5.74, 6) is 1.04. The molecule has 2 aromatic rings. The lowest BCUT2D eigenvalue weighted by molar-refractivity contribution is 0.305. The van der Waals surface area contributed by atoms with Gasteiger partial charge in [0.25, 0.3) is 0 Å². The smallest absolute Gasteiger partial charge is 0.130 e. The van der Waals surface area contributed by atoms with E-state index in [-0.39, 0.29) is 11.1 Å². The first-order chi connectivity index (χ1) is 9.92. The lowest BCUT2D eigenvalue weighted by Crippen LogP contribution is -2.41. The van der Waals surface area contributed by atoms with Crippen molar-refractivity contribution in [2.24, 2.45) is 5.73 Å². The van der Waals surface area contributed by atoms with Crippen LogP contribution in [-0.2, 0) is 11.1 Å². The maximum Gasteiger partial charge on any atom is 0.130 e. The number of imidazole rings is 1. The lowest BCUT2D eigenvalue weighted by Gasteiger charge is -2.33. The fourth-order valence-electron chi connectivity index (χ4n) is 3.53. The lowest BCUT2D eigenvalue weighted by atomic mass is 9.89. The van der Waals surface area contributed by atoms with Crippen LogP contribution in [0.2, 0.25) is 0 Å². The Kier molecular flexibility index (Phi) is 3.52. The average molecular weight is 286 g/mol. The zero-order valence-electron chi connectivity index (χ0n) is 13.4. The molecule has 0 unspecified atom stereocenters. The summed E-state index contributed by atoms with van der Waals surface area (Å²) in [5.41, 5.74) is 8.59. The van der Waals surface area contributed by atoms with Crippen molar-refractivity contribution in [2.75, 3.05) is 0 Å². The van der Waals surface area contributed by atoms with Gasteiger partial charge >= 0.3 is 0 Å². The van der Waals surface area contributed by atoms with E-state index in [9.17, 15) is 0 Å². The van der Waals surface area contributed by atoms with Crippen molar-refractivity contribution in [1.29, 1.82) is 0 Å². The second-order valence-electron chi connectivity index (χ2n) is 7.38. The van der Waals surface area contributed by atoms with Gasteiger partial charge in [-0.1, -0.05) is 25.7 Å². The Balaban J connectivity index is 2.21. The quantitative estimate of drug-likeness (QED) is 0.813. The minimum Gasteiger partial charge on any atom is -0.321 e. The Morgan fingerprint density at radius 3 is 2.43 bits per heavy atom. The molecule has 3 rings (SSSR count). The van der Waals surface area contributed by atoms with Crippen LogP contribution in [-0.4, -0.2) is 14.5 Å². The van der Waals surface area contributed by atoms with Gasteiger partial charge in [0, 0.05) is 11.7 Å². The number of aromatic nitrogens is 3. The second kappa shape index (κ2) is 5.09. The van der Waals surface area contributed by atoms with Crippen molar-refractivity contribution in [2.45, 2.75) is 70.4 Å². The zero-order valence-corrected chi connectivity index (χ0v) is 13.4. The molecule has 2 aromatic heterocycles. The van der Waals surface area contributed by atoms with E-state index in [0.29, 0.717) is 0 Å². The minimum absolute atomic E-state index is 0.0376. The highest BCUT2D eigenvalue weighted by molar-refractivity contribution is 5.75. The van der Waals surface area contributed by atoms with Gasteiger partial charge in [-0.3, -0.25) is 4.98 Å². The van der Waals surface area contributed by atoms with Gasteiger partial charge in [-0.15, -0.1) is 0 Å². The maximum absolute atomic E-state index is 6.84. The van der Waals surface area contributed by atoms with Crippen LogP contribution < -0.4 is 5.73 Å². The van der Waals surface area contributed by atoms with Crippen molar-refractivity contribution in [3.8, 4) is 0 Å². The van der Waals surface area contributed by atoms with Gasteiger partial charge in [0.1, 0.15) is 11.3 Å². The highest BCUT2D eigenvalue weighted by Gasteiger charge is 2.36. The molecule has 2 heterocycles. The van der Waals surface area contributed by atoms with E-state index < -0.39 is 0 Å². The van der Waals surface area contributed by atoms with E-state index in [4.69, 9.17) is 10.7 Å². The molecule has 0 saturated heterocycles. The molecule has 4 nitrogen and oxygen atoms in total. The summed E-state index contributed by atoms with van der Waals surface area (Å²) in [4.78, 5) is 9.11. The molecule has 0 aliphatic heterocycles. The van der Waals surface area contributed by atoms with E-state index in [1.165, 1.54) is 25.7 Å². The fraction of sp³-hybridized carbons (Fsp3) is 0.647. The predicted octanol–water partition coefficient (Wildman–Crippen LogP) is 3.69. The Morgan fingerprint density at radius 1 is 1.14 bits per heavy atom. The molecule has 0 amide bonds. The summed E-state index contributed by atoms with van der Waals surface area (Å²) in [6.45, 7) is 6.66. The summed E-state index contributed by atoms with van der Waals surface area (Å²) in [7, 11) is 0. The van der Waals surface area contributed by atoms with Gasteiger partial charge in [0.05, 0.1) is 17.3 Å². The molecule has 2 N–H and O–H groups in total. The number of nitrogens with two attached hydrogens (primary N) is 1. The standard InChI is InChI=1S/C17H26N4/c1-16(2,3)21-14-8-11-19-12-13(14)20-15(21)17(18)9-6-4-5-7-10-17/h8,11-12H,4-7,9-10,18H2,1-3H3. The molecule has 4 heteroatoms. The first kappa shape index (κ1) is 14.5. The van der Waals surface area contributed by atoms with Gasteiger partial charge in [-0.2, -0.15) is 0 Å². The van der Waals surface area contributed by atoms with Crippen molar-refractivity contribution in [3.05, 3.63) is 24.3 Å². The summed E-state index contributed by atoms with van der Waals surface area (Å²) < 4.78 is 2.33. The van der Waals surface area contributed by atoms with Crippen LogP contribution in [0, 0.1) is 0 Å². The third-order valence-corrected chi connectivity index (χ3v) is 4.57. The summed E-state index contributed by atoms with van der Waals surface area (Å²) >= 11 is 0. The van der Waals surface area contributed by atoms with Crippen LogP contribution in [0.15, 0.2) is 18.5 Å². The SMILES string of the molecule is CC(C)(C)n1c(C2(N)CCCCCC2)nc2cnccc21. The van der Waals surface area contributed by atoms with E-state index in [1.54, 1.807) is 0 Å².